The van der Waals surface area contributed by atoms with Crippen LogP contribution in [0, 0.1) is 5.92 Å². The quantitative estimate of drug-likeness (QED) is 0.756. The Morgan fingerprint density at radius 1 is 1.36 bits per heavy atom. The summed E-state index contributed by atoms with van der Waals surface area (Å²) >= 11 is 0. The first kappa shape index (κ1) is 17.1. The molecule has 0 aromatic heterocycles. The summed E-state index contributed by atoms with van der Waals surface area (Å²) in [6.45, 7) is 7.28. The molecule has 2 N–H and O–H groups in total. The predicted octanol–water partition coefficient (Wildman–Crippen LogP) is 3.47. The van der Waals surface area contributed by atoms with Gasteiger partial charge in [0.15, 0.2) is 0 Å². The molecule has 0 spiro atoms. The molecule has 1 heterocycles. The van der Waals surface area contributed by atoms with Crippen molar-refractivity contribution in [1.82, 2.24) is 10.2 Å². The fraction of sp³-hybridized carbons (Fsp3) is 0.667. The normalized spacial score (nSPS) is 21.9. The molecular weight excluding hydrogens is 274 g/mol. The van der Waals surface area contributed by atoms with Crippen molar-refractivity contribution >= 4 is 5.69 Å². The summed E-state index contributed by atoms with van der Waals surface area (Å²) < 4.78 is 5.94. The summed E-state index contributed by atoms with van der Waals surface area (Å²) in [5.41, 5.74) is 2.42. The molecule has 22 heavy (non-hydrogen) atoms. The third kappa shape index (κ3) is 4.62. The summed E-state index contributed by atoms with van der Waals surface area (Å²) in [5.74, 6) is 1.72. The molecule has 0 unspecified atom stereocenters. The summed E-state index contributed by atoms with van der Waals surface area (Å²) in [7, 11) is 4.04. The molecule has 1 saturated heterocycles. The van der Waals surface area contributed by atoms with Gasteiger partial charge >= 0.3 is 0 Å². The zero-order chi connectivity index (χ0) is 15.9. The van der Waals surface area contributed by atoms with Gasteiger partial charge in [0.1, 0.15) is 12.5 Å². The Balaban J connectivity index is 2.01. The van der Waals surface area contributed by atoms with Crippen LogP contribution in [-0.4, -0.2) is 38.8 Å². The van der Waals surface area contributed by atoms with Crippen molar-refractivity contribution in [3.8, 4) is 5.75 Å². The second-order valence-corrected chi connectivity index (χ2v) is 6.50. The highest BCUT2D eigenvalue weighted by Gasteiger charge is 2.19. The van der Waals surface area contributed by atoms with Gasteiger partial charge in [-0.05, 0) is 56.5 Å². The van der Waals surface area contributed by atoms with Crippen LogP contribution in [0.3, 0.4) is 0 Å². The van der Waals surface area contributed by atoms with Crippen LogP contribution < -0.4 is 15.4 Å². The lowest BCUT2D eigenvalue weighted by Gasteiger charge is -2.28. The number of hydrogen-bond donors (Lipinski definition) is 2. The van der Waals surface area contributed by atoms with Gasteiger partial charge in [-0.25, -0.2) is 0 Å². The highest BCUT2D eigenvalue weighted by atomic mass is 16.5. The number of piperidine rings is 1. The van der Waals surface area contributed by atoms with Crippen LogP contribution in [0.4, 0.5) is 5.69 Å². The van der Waals surface area contributed by atoms with Gasteiger partial charge in [-0.3, -0.25) is 4.90 Å². The highest BCUT2D eigenvalue weighted by Crippen LogP contribution is 2.31. The predicted molar refractivity (Wildman–Crippen MR) is 93.5 cm³/mol. The van der Waals surface area contributed by atoms with Gasteiger partial charge in [-0.15, -0.1) is 0 Å². The number of nitrogens with one attached hydrogen (secondary N) is 2. The topological polar surface area (TPSA) is 36.5 Å². The van der Waals surface area contributed by atoms with E-state index in [-0.39, 0.29) is 0 Å². The lowest BCUT2D eigenvalue weighted by atomic mass is 9.92. The van der Waals surface area contributed by atoms with Crippen LogP contribution in [0.2, 0.25) is 0 Å². The van der Waals surface area contributed by atoms with Crippen LogP contribution >= 0.6 is 0 Å². The van der Waals surface area contributed by atoms with Crippen LogP contribution in [0.1, 0.15) is 44.7 Å². The number of ether oxygens (including phenoxy) is 1. The second-order valence-electron chi connectivity index (χ2n) is 6.50. The maximum atomic E-state index is 5.94. The Bertz CT molecular complexity index is 456. The third-order valence-corrected chi connectivity index (χ3v) is 4.38. The third-order valence-electron chi connectivity index (χ3n) is 4.38. The fourth-order valence-electron chi connectivity index (χ4n) is 2.99. The van der Waals surface area contributed by atoms with Gasteiger partial charge in [0, 0.05) is 19.6 Å². The van der Waals surface area contributed by atoms with Crippen LogP contribution in [0.25, 0.3) is 0 Å². The van der Waals surface area contributed by atoms with Crippen molar-refractivity contribution in [1.29, 1.82) is 0 Å². The summed E-state index contributed by atoms with van der Waals surface area (Å²) in [4.78, 5) is 2.19. The molecule has 0 radical (unpaired) electrons. The minimum atomic E-state index is 0.472. The van der Waals surface area contributed by atoms with E-state index in [1.54, 1.807) is 0 Å². The molecule has 4 heteroatoms. The van der Waals surface area contributed by atoms with E-state index in [2.05, 4.69) is 54.6 Å². The molecular formula is C18H31N3O. The Morgan fingerprint density at radius 3 is 2.82 bits per heavy atom. The standard InChI is InChI=1S/C18H31N3O/c1-5-10-21(4)13-22-18-9-7-15(11-17(18)19-3)16-8-6-14(2)12-20-16/h7,9,11,14,16,19-20H,5-6,8,10,12-13H2,1-4H3/t14-,16+/m0/s1. The summed E-state index contributed by atoms with van der Waals surface area (Å²) in [5, 5.41) is 6.91. The molecule has 1 aromatic carbocycles. The molecule has 2 atom stereocenters. The minimum Gasteiger partial charge on any atom is -0.476 e. The molecule has 4 nitrogen and oxygen atoms in total. The second kappa shape index (κ2) is 8.39. The first-order chi connectivity index (χ1) is 10.6. The van der Waals surface area contributed by atoms with E-state index in [0.29, 0.717) is 12.8 Å². The average molecular weight is 305 g/mol. The van der Waals surface area contributed by atoms with Crippen molar-refractivity contribution in [2.75, 3.05) is 39.2 Å². The molecule has 0 bridgehead atoms. The van der Waals surface area contributed by atoms with E-state index in [0.717, 1.165) is 36.9 Å². The van der Waals surface area contributed by atoms with E-state index < -0.39 is 0 Å². The fourth-order valence-corrected chi connectivity index (χ4v) is 2.99. The molecule has 0 amide bonds. The molecule has 1 aliphatic rings. The largest absolute Gasteiger partial charge is 0.476 e. The minimum absolute atomic E-state index is 0.472. The number of rotatable bonds is 7. The molecule has 1 aliphatic heterocycles. The first-order valence-electron chi connectivity index (χ1n) is 8.50. The molecule has 2 rings (SSSR count). The van der Waals surface area contributed by atoms with E-state index in [1.807, 2.05) is 7.05 Å². The maximum absolute atomic E-state index is 5.94. The van der Waals surface area contributed by atoms with E-state index in [1.165, 1.54) is 18.4 Å². The molecule has 1 fully saturated rings. The van der Waals surface area contributed by atoms with Crippen LogP contribution in [0.5, 0.6) is 5.75 Å². The van der Waals surface area contributed by atoms with Gasteiger partial charge in [0.25, 0.3) is 0 Å². The monoisotopic (exact) mass is 305 g/mol. The van der Waals surface area contributed by atoms with Crippen LogP contribution in [0.15, 0.2) is 18.2 Å². The lowest BCUT2D eigenvalue weighted by molar-refractivity contribution is 0.154. The van der Waals surface area contributed by atoms with Crippen molar-refractivity contribution in [2.45, 2.75) is 39.2 Å². The van der Waals surface area contributed by atoms with E-state index >= 15 is 0 Å². The number of anilines is 1. The van der Waals surface area contributed by atoms with Crippen molar-refractivity contribution in [3.05, 3.63) is 23.8 Å². The van der Waals surface area contributed by atoms with E-state index in [4.69, 9.17) is 4.74 Å². The highest BCUT2D eigenvalue weighted by molar-refractivity contribution is 5.58. The molecule has 1 aromatic rings. The zero-order valence-corrected chi connectivity index (χ0v) is 14.5. The zero-order valence-electron chi connectivity index (χ0n) is 14.5. The maximum Gasteiger partial charge on any atom is 0.144 e. The SMILES string of the molecule is CCCN(C)COc1ccc([C@H]2CC[C@H](C)CN2)cc1NC. The van der Waals surface area contributed by atoms with Gasteiger partial charge in [-0.1, -0.05) is 19.9 Å². The number of nitrogens with zero attached hydrogens (tertiary/aromatic N) is 1. The lowest BCUT2D eigenvalue weighted by Crippen LogP contribution is -2.31. The summed E-state index contributed by atoms with van der Waals surface area (Å²) in [6.07, 6.45) is 3.65. The average Bonchev–Trinajstić information content (AvgIpc) is 2.54. The Labute approximate surface area is 135 Å². The van der Waals surface area contributed by atoms with Crippen LogP contribution in [-0.2, 0) is 0 Å². The van der Waals surface area contributed by atoms with Crippen molar-refractivity contribution < 1.29 is 4.74 Å². The van der Waals surface area contributed by atoms with E-state index in [9.17, 15) is 0 Å². The Kier molecular flexibility index (Phi) is 6.52. The molecule has 0 saturated carbocycles. The Hall–Kier alpha value is -1.26. The molecule has 0 aliphatic carbocycles. The van der Waals surface area contributed by atoms with Crippen molar-refractivity contribution in [3.63, 3.8) is 0 Å². The van der Waals surface area contributed by atoms with Gasteiger partial charge in [0.2, 0.25) is 0 Å². The van der Waals surface area contributed by atoms with Gasteiger partial charge in [0.05, 0.1) is 5.69 Å². The number of benzene rings is 1. The van der Waals surface area contributed by atoms with Crippen molar-refractivity contribution in [2.24, 2.45) is 5.92 Å². The molecule has 124 valence electrons. The van der Waals surface area contributed by atoms with Gasteiger partial charge < -0.3 is 15.4 Å². The van der Waals surface area contributed by atoms with Gasteiger partial charge in [-0.2, -0.15) is 0 Å². The smallest absolute Gasteiger partial charge is 0.144 e. The summed E-state index contributed by atoms with van der Waals surface area (Å²) in [6, 6.07) is 6.99. The Morgan fingerprint density at radius 2 is 2.18 bits per heavy atom. The first-order valence-corrected chi connectivity index (χ1v) is 8.50. The number of hydrogen-bond acceptors (Lipinski definition) is 4.